The lowest BCUT2D eigenvalue weighted by atomic mass is 9.91. The fraction of sp³-hybridized carbons (Fsp3) is 0. The first-order valence-corrected chi connectivity index (χ1v) is 22.3. The van der Waals surface area contributed by atoms with E-state index in [2.05, 4.69) is 215 Å². The third-order valence-corrected chi connectivity index (χ3v) is 14.5. The molecule has 14 aromatic rings. The van der Waals surface area contributed by atoms with Gasteiger partial charge in [-0.1, -0.05) is 146 Å². The van der Waals surface area contributed by atoms with Crippen LogP contribution in [0.1, 0.15) is 0 Å². The zero-order valence-electron chi connectivity index (χ0n) is 34.0. The second-order valence-electron chi connectivity index (χ2n) is 16.6. The minimum Gasteiger partial charge on any atom is -0.307 e. The Morgan fingerprint density at radius 2 is 0.857 bits per heavy atom. The minimum atomic E-state index is 1.01. The summed E-state index contributed by atoms with van der Waals surface area (Å²) in [7, 11) is 0. The zero-order valence-corrected chi connectivity index (χ0v) is 34.8. The van der Waals surface area contributed by atoms with Crippen LogP contribution in [0.25, 0.3) is 130 Å². The van der Waals surface area contributed by atoms with Crippen molar-refractivity contribution in [3.63, 3.8) is 0 Å². The van der Waals surface area contributed by atoms with E-state index in [-0.39, 0.29) is 0 Å². The predicted molar refractivity (Wildman–Crippen MR) is 269 cm³/mol. The smallest absolute Gasteiger partial charge is 0.0880 e. The van der Waals surface area contributed by atoms with Gasteiger partial charge in [-0.2, -0.15) is 0 Å². The van der Waals surface area contributed by atoms with Crippen molar-refractivity contribution in [2.75, 3.05) is 0 Å². The molecule has 10 aromatic carbocycles. The van der Waals surface area contributed by atoms with Crippen LogP contribution in [0.5, 0.6) is 0 Å². The van der Waals surface area contributed by atoms with Crippen LogP contribution in [0.4, 0.5) is 0 Å². The number of benzene rings is 10. The molecule has 0 aliphatic rings. The summed E-state index contributed by atoms with van der Waals surface area (Å²) in [5, 5.41) is 15.2. The Morgan fingerprint density at radius 1 is 0.317 bits per heavy atom. The van der Waals surface area contributed by atoms with Crippen molar-refractivity contribution in [3.05, 3.63) is 212 Å². The van der Waals surface area contributed by atoms with Crippen LogP contribution in [0, 0.1) is 0 Å². The highest BCUT2D eigenvalue weighted by atomic mass is 32.1. The third-order valence-electron chi connectivity index (χ3n) is 13.3. The van der Waals surface area contributed by atoms with E-state index in [1.165, 1.54) is 107 Å². The third kappa shape index (κ3) is 4.98. The molecule has 0 aliphatic carbocycles. The fourth-order valence-corrected chi connectivity index (χ4v) is 11.8. The van der Waals surface area contributed by atoms with E-state index < -0.39 is 0 Å². The molecule has 0 spiro atoms. The maximum absolute atomic E-state index is 5.08. The van der Waals surface area contributed by atoms with Crippen LogP contribution < -0.4 is 0 Å². The zero-order chi connectivity index (χ0) is 41.2. The molecular formula is C59H35N3S. The molecule has 4 aromatic heterocycles. The molecule has 4 heteroatoms. The molecule has 63 heavy (non-hydrogen) atoms. The van der Waals surface area contributed by atoms with E-state index in [9.17, 15) is 0 Å². The van der Waals surface area contributed by atoms with Crippen molar-refractivity contribution in [2.45, 2.75) is 0 Å². The van der Waals surface area contributed by atoms with Crippen molar-refractivity contribution in [1.29, 1.82) is 0 Å². The average molecular weight is 818 g/mol. The van der Waals surface area contributed by atoms with Crippen molar-refractivity contribution >= 4 is 107 Å². The lowest BCUT2D eigenvalue weighted by Gasteiger charge is -2.13. The number of rotatable bonds is 4. The van der Waals surface area contributed by atoms with Crippen LogP contribution in [0.3, 0.4) is 0 Å². The van der Waals surface area contributed by atoms with E-state index in [1.807, 2.05) is 17.5 Å². The van der Waals surface area contributed by atoms with Gasteiger partial charge in [0.15, 0.2) is 0 Å². The molecule has 0 unspecified atom stereocenters. The first-order chi connectivity index (χ1) is 31.3. The molecule has 14 rings (SSSR count). The van der Waals surface area contributed by atoms with Crippen molar-refractivity contribution < 1.29 is 0 Å². The maximum atomic E-state index is 5.08. The second kappa shape index (κ2) is 13.2. The number of para-hydroxylation sites is 3. The first kappa shape index (κ1) is 34.6. The highest BCUT2D eigenvalue weighted by Crippen LogP contribution is 2.45. The number of hydrogen-bond donors (Lipinski definition) is 0. The van der Waals surface area contributed by atoms with Crippen LogP contribution in [-0.2, 0) is 0 Å². The summed E-state index contributed by atoms with van der Waals surface area (Å²) in [5.74, 6) is 0. The molecule has 0 aliphatic heterocycles. The molecule has 292 valence electrons. The van der Waals surface area contributed by atoms with Gasteiger partial charge in [0.1, 0.15) is 0 Å². The Hall–Kier alpha value is -8.05. The Morgan fingerprint density at radius 3 is 1.54 bits per heavy atom. The molecule has 0 saturated carbocycles. The number of hydrogen-bond acceptors (Lipinski definition) is 2. The summed E-state index contributed by atoms with van der Waals surface area (Å²) in [4.78, 5) is 5.08. The van der Waals surface area contributed by atoms with Gasteiger partial charge >= 0.3 is 0 Å². The average Bonchev–Trinajstić information content (AvgIpc) is 4.02. The van der Waals surface area contributed by atoms with Gasteiger partial charge in [-0.25, -0.2) is 0 Å². The lowest BCUT2D eigenvalue weighted by molar-refractivity contribution is 1.15. The molecule has 0 saturated heterocycles. The molecule has 3 nitrogen and oxygen atoms in total. The van der Waals surface area contributed by atoms with Crippen molar-refractivity contribution in [1.82, 2.24) is 14.1 Å². The van der Waals surface area contributed by atoms with E-state index >= 15 is 0 Å². The molecule has 0 N–H and O–H groups in total. The summed E-state index contributed by atoms with van der Waals surface area (Å²) in [6.45, 7) is 0. The second-order valence-corrected chi connectivity index (χ2v) is 17.7. The monoisotopic (exact) mass is 817 g/mol. The number of nitrogens with zero attached hydrogens (tertiary/aromatic N) is 3. The van der Waals surface area contributed by atoms with E-state index in [0.717, 1.165) is 22.6 Å². The highest BCUT2D eigenvalue weighted by molar-refractivity contribution is 7.26. The van der Waals surface area contributed by atoms with Gasteiger partial charge in [0, 0.05) is 60.2 Å². The molecule has 0 amide bonds. The van der Waals surface area contributed by atoms with Gasteiger partial charge in [0.25, 0.3) is 0 Å². The Balaban J connectivity index is 0.954. The van der Waals surface area contributed by atoms with Gasteiger partial charge in [-0.15, -0.1) is 11.3 Å². The normalized spacial score (nSPS) is 12.1. The topological polar surface area (TPSA) is 22.8 Å². The Kier molecular flexibility index (Phi) is 7.27. The molecule has 0 atom stereocenters. The van der Waals surface area contributed by atoms with Crippen LogP contribution in [-0.4, -0.2) is 14.1 Å². The van der Waals surface area contributed by atoms with E-state index in [4.69, 9.17) is 4.98 Å². The van der Waals surface area contributed by atoms with Crippen LogP contribution >= 0.6 is 11.3 Å². The van der Waals surface area contributed by atoms with E-state index in [1.54, 1.807) is 0 Å². The SMILES string of the molecule is c1ccc(-n2c3ccccc3c3ccc4c5ccccc5n(-c5ccc6sc7c(-c8cccc(-c9ccc%10c%11ccccc%11c%11ccccc%11c%10c9)c8)nccc7c6c5)c4c32)cc1. The first-order valence-electron chi connectivity index (χ1n) is 21.5. The quantitative estimate of drug-likeness (QED) is 0.162. The predicted octanol–water partition coefficient (Wildman–Crippen LogP) is 16.4. The van der Waals surface area contributed by atoms with E-state index in [0.29, 0.717) is 0 Å². The van der Waals surface area contributed by atoms with Gasteiger partial charge in [0.05, 0.1) is 32.5 Å². The minimum absolute atomic E-state index is 1.01. The summed E-state index contributed by atoms with van der Waals surface area (Å²) < 4.78 is 7.40. The number of aromatic nitrogens is 3. The molecule has 0 bridgehead atoms. The Bertz CT molecular complexity index is 4170. The fourth-order valence-electron chi connectivity index (χ4n) is 10.6. The number of thiophene rings is 1. The van der Waals surface area contributed by atoms with Gasteiger partial charge in [0.2, 0.25) is 0 Å². The standard InChI is InChI=1S/C59H35N3S/c1-2-15-39(16-3-1)61-53-23-10-8-21-46(53)48-28-29-49-47-22-9-11-24-54(47)62(58(49)57(48)61)40-26-30-55-52(35-40)50-31-32-60-56(59(50)63-55)38-14-12-13-36(33-38)37-25-27-45-43-19-5-4-17-41(43)42-18-6-7-20-44(42)51(45)34-37/h1-35H. The molecule has 0 fully saturated rings. The summed E-state index contributed by atoms with van der Waals surface area (Å²) >= 11 is 1.83. The lowest BCUT2D eigenvalue weighted by Crippen LogP contribution is -1.98. The maximum Gasteiger partial charge on any atom is 0.0880 e. The summed E-state index contributed by atoms with van der Waals surface area (Å²) in [6, 6.07) is 75.8. The molecule has 4 heterocycles. The Labute approximate surface area is 365 Å². The van der Waals surface area contributed by atoms with Gasteiger partial charge < -0.3 is 9.13 Å². The van der Waals surface area contributed by atoms with Crippen LogP contribution in [0.15, 0.2) is 212 Å². The number of fused-ring (bicyclic) bond motifs is 16. The van der Waals surface area contributed by atoms with Gasteiger partial charge in [-0.3, -0.25) is 4.98 Å². The molecular weight excluding hydrogens is 783 g/mol. The largest absolute Gasteiger partial charge is 0.307 e. The highest BCUT2D eigenvalue weighted by Gasteiger charge is 2.22. The van der Waals surface area contributed by atoms with Crippen LogP contribution in [0.2, 0.25) is 0 Å². The summed E-state index contributed by atoms with van der Waals surface area (Å²) in [5.41, 5.74) is 11.6. The molecule has 0 radical (unpaired) electrons. The summed E-state index contributed by atoms with van der Waals surface area (Å²) in [6.07, 6.45) is 1.98. The van der Waals surface area contributed by atoms with Gasteiger partial charge in [-0.05, 0) is 104 Å². The van der Waals surface area contributed by atoms with Crippen molar-refractivity contribution in [3.8, 4) is 33.8 Å². The number of pyridine rings is 1. The van der Waals surface area contributed by atoms with Crippen molar-refractivity contribution in [2.24, 2.45) is 0 Å².